The van der Waals surface area contributed by atoms with E-state index in [4.69, 9.17) is 11.2 Å². The number of carbonyl (C=O) groups excluding carboxylic acids is 1. The Kier molecular flexibility index (Phi) is 5.63. The van der Waals surface area contributed by atoms with Crippen molar-refractivity contribution in [3.8, 4) is 23.5 Å². The second kappa shape index (κ2) is 8.10. The van der Waals surface area contributed by atoms with Crippen LogP contribution in [0.25, 0.3) is 11.1 Å². The molecule has 1 amide bonds. The van der Waals surface area contributed by atoms with Gasteiger partial charge in [-0.25, -0.2) is 4.79 Å². The van der Waals surface area contributed by atoms with Gasteiger partial charge in [0, 0.05) is 12.5 Å². The smallest absolute Gasteiger partial charge is 0.410 e. The molecule has 3 heteroatoms. The molecule has 3 nitrogen and oxygen atoms in total. The van der Waals surface area contributed by atoms with E-state index in [-0.39, 0.29) is 18.1 Å². The molecular weight excluding hydrogens is 322 g/mol. The summed E-state index contributed by atoms with van der Waals surface area (Å²) in [6.07, 6.45) is 7.12. The molecule has 0 radical (unpaired) electrons. The number of nitrogens with zero attached hydrogens (tertiary/aromatic N) is 1. The van der Waals surface area contributed by atoms with Crippen LogP contribution in [0.5, 0.6) is 0 Å². The molecule has 1 unspecified atom stereocenters. The van der Waals surface area contributed by atoms with E-state index in [0.717, 1.165) is 12.8 Å². The fourth-order valence-electron chi connectivity index (χ4n) is 3.54. The van der Waals surface area contributed by atoms with E-state index in [0.29, 0.717) is 13.2 Å². The fourth-order valence-corrected chi connectivity index (χ4v) is 3.54. The second-order valence-electron chi connectivity index (χ2n) is 6.69. The van der Waals surface area contributed by atoms with E-state index in [2.05, 4.69) is 37.1 Å². The molecule has 0 aromatic heterocycles. The van der Waals surface area contributed by atoms with Crippen LogP contribution in [0.4, 0.5) is 4.79 Å². The molecule has 134 valence electrons. The number of hydrogen-bond acceptors (Lipinski definition) is 2. The van der Waals surface area contributed by atoms with Gasteiger partial charge in [-0.3, -0.25) is 4.90 Å². The van der Waals surface area contributed by atoms with Crippen molar-refractivity contribution in [2.24, 2.45) is 0 Å². The lowest BCUT2D eigenvalue weighted by molar-refractivity contribution is 0.0937. The van der Waals surface area contributed by atoms with Crippen molar-refractivity contribution in [3.63, 3.8) is 0 Å². The molecule has 0 saturated carbocycles. The van der Waals surface area contributed by atoms with Crippen molar-refractivity contribution in [2.75, 3.05) is 13.2 Å². The van der Waals surface area contributed by atoms with Crippen LogP contribution in [-0.2, 0) is 4.74 Å². The Morgan fingerprint density at radius 3 is 2.27 bits per heavy atom. The first-order valence-electron chi connectivity index (χ1n) is 9.25. The number of ether oxygens (including phenoxy) is 1. The van der Waals surface area contributed by atoms with Crippen LogP contribution in [0.15, 0.2) is 48.5 Å². The topological polar surface area (TPSA) is 29.5 Å². The zero-order chi connectivity index (χ0) is 18.5. The van der Waals surface area contributed by atoms with E-state index in [1.807, 2.05) is 31.2 Å². The lowest BCUT2D eigenvalue weighted by Crippen LogP contribution is -2.39. The highest BCUT2D eigenvalue weighted by molar-refractivity contribution is 5.79. The number of hydrogen-bond donors (Lipinski definition) is 0. The minimum Gasteiger partial charge on any atom is -0.448 e. The lowest BCUT2D eigenvalue weighted by Gasteiger charge is -2.26. The average molecular weight is 347 g/mol. The van der Waals surface area contributed by atoms with Gasteiger partial charge in [0.15, 0.2) is 0 Å². The first-order valence-corrected chi connectivity index (χ1v) is 9.25. The number of unbranched alkanes of at least 4 members (excludes halogenated alkanes) is 1. The molecule has 1 aliphatic carbocycles. The third-order valence-electron chi connectivity index (χ3n) is 5.03. The number of terminal acetylenes is 1. The SMILES string of the molecule is C#CC(C)N(CCCC)C(=O)OCC1c2ccccc2-c2ccccc21. The molecule has 0 saturated heterocycles. The summed E-state index contributed by atoms with van der Waals surface area (Å²) in [6.45, 7) is 4.90. The van der Waals surface area contributed by atoms with Crippen molar-refractivity contribution in [1.29, 1.82) is 0 Å². The molecule has 0 aliphatic heterocycles. The van der Waals surface area contributed by atoms with Crippen molar-refractivity contribution < 1.29 is 9.53 Å². The number of benzene rings is 2. The summed E-state index contributed by atoms with van der Waals surface area (Å²) in [6, 6.07) is 16.4. The predicted molar refractivity (Wildman–Crippen MR) is 105 cm³/mol. The number of fused-ring (bicyclic) bond motifs is 3. The van der Waals surface area contributed by atoms with Crippen LogP contribution in [-0.4, -0.2) is 30.2 Å². The Morgan fingerprint density at radius 2 is 1.73 bits per heavy atom. The van der Waals surface area contributed by atoms with Crippen LogP contribution in [0, 0.1) is 12.3 Å². The summed E-state index contributed by atoms with van der Waals surface area (Å²) in [7, 11) is 0. The van der Waals surface area contributed by atoms with Crippen LogP contribution >= 0.6 is 0 Å². The molecule has 0 bridgehead atoms. The largest absolute Gasteiger partial charge is 0.448 e. The van der Waals surface area contributed by atoms with Crippen LogP contribution < -0.4 is 0 Å². The highest BCUT2D eigenvalue weighted by atomic mass is 16.6. The fraction of sp³-hybridized carbons (Fsp3) is 0.348. The summed E-state index contributed by atoms with van der Waals surface area (Å²) in [4.78, 5) is 14.3. The van der Waals surface area contributed by atoms with Crippen molar-refractivity contribution in [2.45, 2.75) is 38.6 Å². The third kappa shape index (κ3) is 3.46. The Bertz CT molecular complexity index is 775. The monoisotopic (exact) mass is 347 g/mol. The maximum absolute atomic E-state index is 12.6. The van der Waals surface area contributed by atoms with E-state index >= 15 is 0 Å². The predicted octanol–water partition coefficient (Wildman–Crippen LogP) is 5.06. The summed E-state index contributed by atoms with van der Waals surface area (Å²) in [5.74, 6) is 2.71. The molecule has 26 heavy (non-hydrogen) atoms. The molecule has 0 N–H and O–H groups in total. The zero-order valence-electron chi connectivity index (χ0n) is 15.4. The maximum Gasteiger partial charge on any atom is 0.410 e. The first kappa shape index (κ1) is 18.1. The standard InChI is InChI=1S/C23H25NO2/c1-4-6-15-24(17(3)5-2)23(25)26-16-22-20-13-9-7-11-18(20)19-12-8-10-14-21(19)22/h2,7-14,17,22H,4,6,15-16H2,1,3H3. The van der Waals surface area contributed by atoms with Gasteiger partial charge in [-0.15, -0.1) is 6.42 Å². The molecule has 0 spiro atoms. The summed E-state index contributed by atoms with van der Waals surface area (Å²) >= 11 is 0. The van der Waals surface area contributed by atoms with Gasteiger partial charge in [-0.1, -0.05) is 67.8 Å². The Morgan fingerprint density at radius 1 is 1.15 bits per heavy atom. The van der Waals surface area contributed by atoms with E-state index in [1.54, 1.807) is 4.90 Å². The van der Waals surface area contributed by atoms with Gasteiger partial charge in [-0.2, -0.15) is 0 Å². The van der Waals surface area contributed by atoms with E-state index in [1.165, 1.54) is 22.3 Å². The van der Waals surface area contributed by atoms with Gasteiger partial charge in [-0.05, 0) is 35.6 Å². The molecule has 1 aliphatic rings. The first-order chi connectivity index (χ1) is 12.7. The highest BCUT2D eigenvalue weighted by Crippen LogP contribution is 2.44. The molecule has 0 heterocycles. The second-order valence-corrected chi connectivity index (χ2v) is 6.69. The van der Waals surface area contributed by atoms with Crippen LogP contribution in [0.2, 0.25) is 0 Å². The van der Waals surface area contributed by atoms with Gasteiger partial charge in [0.25, 0.3) is 0 Å². The molecule has 2 aromatic carbocycles. The Labute approximate surface area is 156 Å². The van der Waals surface area contributed by atoms with Gasteiger partial charge in [0.05, 0.1) is 6.04 Å². The minimum atomic E-state index is -0.328. The van der Waals surface area contributed by atoms with Crippen molar-refractivity contribution >= 4 is 6.09 Å². The van der Waals surface area contributed by atoms with E-state index < -0.39 is 0 Å². The number of carbonyl (C=O) groups is 1. The summed E-state index contributed by atoms with van der Waals surface area (Å²) < 4.78 is 5.71. The van der Waals surface area contributed by atoms with Crippen LogP contribution in [0.1, 0.15) is 43.7 Å². The molecule has 1 atom stereocenters. The van der Waals surface area contributed by atoms with Gasteiger partial charge in [0.2, 0.25) is 0 Å². The van der Waals surface area contributed by atoms with Crippen molar-refractivity contribution in [3.05, 3.63) is 59.7 Å². The number of rotatable bonds is 6. The third-order valence-corrected chi connectivity index (χ3v) is 5.03. The van der Waals surface area contributed by atoms with Crippen LogP contribution in [0.3, 0.4) is 0 Å². The zero-order valence-corrected chi connectivity index (χ0v) is 15.4. The normalized spacial score (nSPS) is 13.4. The molecular formula is C23H25NO2. The van der Waals surface area contributed by atoms with E-state index in [9.17, 15) is 4.79 Å². The summed E-state index contributed by atoms with van der Waals surface area (Å²) in [5, 5.41) is 0. The van der Waals surface area contributed by atoms with Gasteiger partial charge in [0.1, 0.15) is 6.61 Å². The Balaban J connectivity index is 1.77. The Hall–Kier alpha value is -2.73. The molecule has 3 rings (SSSR count). The maximum atomic E-state index is 12.6. The van der Waals surface area contributed by atoms with Gasteiger partial charge < -0.3 is 4.74 Å². The highest BCUT2D eigenvalue weighted by Gasteiger charge is 2.30. The number of amides is 1. The quantitative estimate of drug-likeness (QED) is 0.684. The minimum absolute atomic E-state index is 0.0699. The average Bonchev–Trinajstić information content (AvgIpc) is 3.00. The lowest BCUT2D eigenvalue weighted by atomic mass is 9.98. The van der Waals surface area contributed by atoms with Crippen molar-refractivity contribution in [1.82, 2.24) is 4.90 Å². The van der Waals surface area contributed by atoms with Gasteiger partial charge >= 0.3 is 6.09 Å². The molecule has 0 fully saturated rings. The summed E-state index contributed by atoms with van der Waals surface area (Å²) in [5.41, 5.74) is 4.88. The molecule has 2 aromatic rings.